The molecule has 1 aromatic carbocycles. The lowest BCUT2D eigenvalue weighted by Gasteiger charge is -2.39. The molecule has 1 amide bonds. The van der Waals surface area contributed by atoms with Gasteiger partial charge in [0, 0.05) is 19.1 Å². The highest BCUT2D eigenvalue weighted by Gasteiger charge is 2.33. The Hall–Kier alpha value is -1.35. The van der Waals surface area contributed by atoms with E-state index in [4.69, 9.17) is 0 Å². The smallest absolute Gasteiger partial charge is 0.239 e. The largest absolute Gasteiger partial charge is 0.342 e. The minimum Gasteiger partial charge on any atom is -0.342 e. The number of benzene rings is 1. The van der Waals surface area contributed by atoms with E-state index >= 15 is 0 Å². The summed E-state index contributed by atoms with van der Waals surface area (Å²) in [6.07, 6.45) is 2.28. The van der Waals surface area contributed by atoms with Gasteiger partial charge in [-0.05, 0) is 57.6 Å². The molecule has 0 heterocycles. The monoisotopic (exact) mass is 288 g/mol. The number of rotatable bonds is 6. The Kier molecular flexibility index (Phi) is 5.40. The Morgan fingerprint density at radius 3 is 2.48 bits per heavy atom. The average molecular weight is 288 g/mol. The van der Waals surface area contributed by atoms with E-state index in [2.05, 4.69) is 36.5 Å². The number of carbonyl (C=O) groups excluding carboxylic acids is 1. The molecule has 0 spiro atoms. The topological polar surface area (TPSA) is 32.3 Å². The van der Waals surface area contributed by atoms with Crippen molar-refractivity contribution >= 4 is 5.91 Å². The van der Waals surface area contributed by atoms with Crippen LogP contribution in [0.2, 0.25) is 0 Å². The maximum Gasteiger partial charge on any atom is 0.239 e. The standard InChI is InChI=1S/C18H28N2O/c1-5-20(6-2)18(21)14(4)19-16-11-15(12-16)17-10-8-7-9-13(17)3/h7-10,14-16,19H,5-6,11-12H2,1-4H3. The highest BCUT2D eigenvalue weighted by Crippen LogP contribution is 2.38. The second-order valence-electron chi connectivity index (χ2n) is 6.12. The molecule has 0 saturated heterocycles. The first kappa shape index (κ1) is 16.0. The van der Waals surface area contributed by atoms with Crippen molar-refractivity contribution in [3.8, 4) is 0 Å². The molecule has 0 aliphatic heterocycles. The van der Waals surface area contributed by atoms with Gasteiger partial charge in [0.1, 0.15) is 0 Å². The molecule has 1 atom stereocenters. The summed E-state index contributed by atoms with van der Waals surface area (Å²) < 4.78 is 0. The zero-order chi connectivity index (χ0) is 15.4. The molecule has 21 heavy (non-hydrogen) atoms. The third-order valence-electron chi connectivity index (χ3n) is 4.70. The fraction of sp³-hybridized carbons (Fsp3) is 0.611. The van der Waals surface area contributed by atoms with Crippen LogP contribution in [0.1, 0.15) is 50.7 Å². The van der Waals surface area contributed by atoms with Gasteiger partial charge in [0.25, 0.3) is 0 Å². The van der Waals surface area contributed by atoms with E-state index in [1.165, 1.54) is 11.1 Å². The molecule has 1 aliphatic rings. The highest BCUT2D eigenvalue weighted by atomic mass is 16.2. The van der Waals surface area contributed by atoms with Gasteiger partial charge in [0.2, 0.25) is 5.91 Å². The van der Waals surface area contributed by atoms with Crippen LogP contribution in [0.15, 0.2) is 24.3 Å². The minimum atomic E-state index is -0.0762. The Labute approximate surface area is 128 Å². The van der Waals surface area contributed by atoms with Crippen LogP contribution in [0, 0.1) is 6.92 Å². The zero-order valence-corrected chi connectivity index (χ0v) is 13.7. The number of hydrogen-bond donors (Lipinski definition) is 1. The molecule has 3 nitrogen and oxygen atoms in total. The summed E-state index contributed by atoms with van der Waals surface area (Å²) in [5.74, 6) is 0.874. The van der Waals surface area contributed by atoms with Crippen molar-refractivity contribution in [3.63, 3.8) is 0 Å². The van der Waals surface area contributed by atoms with Crippen molar-refractivity contribution in [1.82, 2.24) is 10.2 Å². The van der Waals surface area contributed by atoms with Gasteiger partial charge >= 0.3 is 0 Å². The molecule has 1 unspecified atom stereocenters. The molecule has 0 bridgehead atoms. The second-order valence-corrected chi connectivity index (χ2v) is 6.12. The van der Waals surface area contributed by atoms with E-state index in [-0.39, 0.29) is 11.9 Å². The summed E-state index contributed by atoms with van der Waals surface area (Å²) in [6.45, 7) is 9.82. The Balaban J connectivity index is 1.83. The highest BCUT2D eigenvalue weighted by molar-refractivity contribution is 5.81. The number of nitrogens with zero attached hydrogens (tertiary/aromatic N) is 1. The van der Waals surface area contributed by atoms with Crippen LogP contribution in [0.25, 0.3) is 0 Å². The first-order valence-corrected chi connectivity index (χ1v) is 8.17. The van der Waals surface area contributed by atoms with E-state index < -0.39 is 0 Å². The lowest BCUT2D eigenvalue weighted by Crippen LogP contribution is -2.51. The molecular formula is C18H28N2O. The van der Waals surface area contributed by atoms with Crippen molar-refractivity contribution in [2.45, 2.75) is 58.5 Å². The van der Waals surface area contributed by atoms with Crippen molar-refractivity contribution in [2.24, 2.45) is 0 Å². The predicted molar refractivity (Wildman–Crippen MR) is 87.5 cm³/mol. The van der Waals surface area contributed by atoms with E-state index in [1.54, 1.807) is 0 Å². The number of nitrogens with one attached hydrogen (secondary N) is 1. The Morgan fingerprint density at radius 2 is 1.90 bits per heavy atom. The quantitative estimate of drug-likeness (QED) is 0.872. The molecule has 3 heteroatoms. The Morgan fingerprint density at radius 1 is 1.29 bits per heavy atom. The van der Waals surface area contributed by atoms with Crippen LogP contribution in [0.4, 0.5) is 0 Å². The second kappa shape index (κ2) is 7.08. The molecule has 116 valence electrons. The van der Waals surface area contributed by atoms with Crippen LogP contribution in [0.5, 0.6) is 0 Å². The van der Waals surface area contributed by atoms with E-state index in [0.717, 1.165) is 25.9 Å². The van der Waals surface area contributed by atoms with Gasteiger partial charge in [-0.1, -0.05) is 24.3 Å². The molecular weight excluding hydrogens is 260 g/mol. The summed E-state index contributed by atoms with van der Waals surface area (Å²) in [5, 5.41) is 3.49. The fourth-order valence-electron chi connectivity index (χ4n) is 3.29. The van der Waals surface area contributed by atoms with Crippen molar-refractivity contribution in [3.05, 3.63) is 35.4 Å². The van der Waals surface area contributed by atoms with Gasteiger partial charge in [-0.15, -0.1) is 0 Å². The van der Waals surface area contributed by atoms with Gasteiger partial charge in [-0.25, -0.2) is 0 Å². The molecule has 1 saturated carbocycles. The van der Waals surface area contributed by atoms with Crippen molar-refractivity contribution < 1.29 is 4.79 Å². The van der Waals surface area contributed by atoms with E-state index in [9.17, 15) is 4.79 Å². The Bertz CT molecular complexity index is 476. The number of amides is 1. The van der Waals surface area contributed by atoms with Crippen LogP contribution in [-0.4, -0.2) is 36.0 Å². The molecule has 1 fully saturated rings. The lowest BCUT2D eigenvalue weighted by atomic mass is 9.74. The molecule has 1 N–H and O–H groups in total. The summed E-state index contributed by atoms with van der Waals surface area (Å²) in [6, 6.07) is 9.04. The van der Waals surface area contributed by atoms with Gasteiger partial charge < -0.3 is 10.2 Å². The molecule has 2 rings (SSSR count). The summed E-state index contributed by atoms with van der Waals surface area (Å²) in [4.78, 5) is 14.1. The average Bonchev–Trinajstić information content (AvgIpc) is 2.44. The number of aryl methyl sites for hydroxylation is 1. The minimum absolute atomic E-state index is 0.0762. The first-order valence-electron chi connectivity index (χ1n) is 8.17. The van der Waals surface area contributed by atoms with Gasteiger partial charge in [0.15, 0.2) is 0 Å². The number of carbonyl (C=O) groups is 1. The van der Waals surface area contributed by atoms with E-state index in [0.29, 0.717) is 12.0 Å². The van der Waals surface area contributed by atoms with Crippen molar-refractivity contribution in [1.29, 1.82) is 0 Å². The maximum absolute atomic E-state index is 12.2. The third kappa shape index (κ3) is 3.65. The molecule has 0 radical (unpaired) electrons. The maximum atomic E-state index is 12.2. The van der Waals surface area contributed by atoms with Gasteiger partial charge in [-0.3, -0.25) is 4.79 Å². The lowest BCUT2D eigenvalue weighted by molar-refractivity contribution is -0.133. The number of hydrogen-bond acceptors (Lipinski definition) is 2. The summed E-state index contributed by atoms with van der Waals surface area (Å²) in [5.41, 5.74) is 2.85. The summed E-state index contributed by atoms with van der Waals surface area (Å²) >= 11 is 0. The van der Waals surface area contributed by atoms with Crippen LogP contribution in [-0.2, 0) is 4.79 Å². The van der Waals surface area contributed by atoms with Gasteiger partial charge in [-0.2, -0.15) is 0 Å². The fourth-order valence-corrected chi connectivity index (χ4v) is 3.29. The molecule has 0 aromatic heterocycles. The van der Waals surface area contributed by atoms with Crippen molar-refractivity contribution in [2.75, 3.05) is 13.1 Å². The molecule has 1 aliphatic carbocycles. The van der Waals surface area contributed by atoms with Crippen LogP contribution < -0.4 is 5.32 Å². The predicted octanol–water partition coefficient (Wildman–Crippen LogP) is 3.09. The third-order valence-corrected chi connectivity index (χ3v) is 4.70. The summed E-state index contributed by atoms with van der Waals surface area (Å²) in [7, 11) is 0. The van der Waals surface area contributed by atoms with Gasteiger partial charge in [0.05, 0.1) is 6.04 Å². The van der Waals surface area contributed by atoms with Crippen LogP contribution >= 0.6 is 0 Å². The zero-order valence-electron chi connectivity index (χ0n) is 13.7. The normalized spacial score (nSPS) is 22.5. The number of likely N-dealkylation sites (N-methyl/N-ethyl adjacent to an activating group) is 1. The first-order chi connectivity index (χ1) is 10.1. The SMILES string of the molecule is CCN(CC)C(=O)C(C)NC1CC(c2ccccc2C)C1. The van der Waals surface area contributed by atoms with Crippen LogP contribution in [0.3, 0.4) is 0 Å². The van der Waals surface area contributed by atoms with E-state index in [1.807, 2.05) is 25.7 Å². The molecule has 1 aromatic rings.